The highest BCUT2D eigenvalue weighted by atomic mass is 15.1. The van der Waals surface area contributed by atoms with Gasteiger partial charge in [0.05, 0.1) is 5.69 Å². The van der Waals surface area contributed by atoms with Crippen LogP contribution in [0.3, 0.4) is 0 Å². The maximum absolute atomic E-state index is 4.53. The summed E-state index contributed by atoms with van der Waals surface area (Å²) in [5, 5.41) is 2.39. The maximum atomic E-state index is 4.53. The minimum absolute atomic E-state index is 0.923. The molecule has 0 unspecified atom stereocenters. The van der Waals surface area contributed by atoms with Crippen molar-refractivity contribution in [2.24, 2.45) is 0 Å². The summed E-state index contributed by atoms with van der Waals surface area (Å²) in [5.41, 5.74) is 4.75. The van der Waals surface area contributed by atoms with Crippen molar-refractivity contribution < 1.29 is 0 Å². The lowest BCUT2D eigenvalue weighted by atomic mass is 10.1. The fraction of sp³-hybridized carbons (Fsp3) is 0.115. The summed E-state index contributed by atoms with van der Waals surface area (Å²) in [6.07, 6.45) is 6.10. The third-order valence-electron chi connectivity index (χ3n) is 4.99. The van der Waals surface area contributed by atoms with Crippen LogP contribution in [0, 0.1) is 0 Å². The Morgan fingerprint density at radius 2 is 1.54 bits per heavy atom. The van der Waals surface area contributed by atoms with Crippen LogP contribution in [-0.4, -0.2) is 11.5 Å². The normalized spacial score (nSPS) is 11.2. The monoisotopic (exact) mass is 364 g/mol. The minimum atomic E-state index is 0.923. The molecule has 1 heterocycles. The number of fused-ring (bicyclic) bond motifs is 1. The number of benzene rings is 3. The van der Waals surface area contributed by atoms with Crippen LogP contribution in [0.4, 0.5) is 5.69 Å². The van der Waals surface area contributed by atoms with Crippen LogP contribution in [0.2, 0.25) is 0 Å². The first-order valence-corrected chi connectivity index (χ1v) is 9.74. The van der Waals surface area contributed by atoms with Gasteiger partial charge in [0.15, 0.2) is 0 Å². The van der Waals surface area contributed by atoms with Crippen molar-refractivity contribution in [1.82, 2.24) is 4.98 Å². The second-order valence-corrected chi connectivity index (χ2v) is 6.84. The third kappa shape index (κ3) is 4.12. The molecule has 0 bridgehead atoms. The Kier molecular flexibility index (Phi) is 5.48. The molecule has 2 heteroatoms. The summed E-state index contributed by atoms with van der Waals surface area (Å²) in [6, 6.07) is 29.7. The Labute approximate surface area is 166 Å². The third-order valence-corrected chi connectivity index (χ3v) is 4.99. The Balaban J connectivity index is 1.52. The maximum Gasteiger partial charge on any atom is 0.0708 e. The molecule has 0 spiro atoms. The van der Waals surface area contributed by atoms with E-state index in [0.717, 1.165) is 18.8 Å². The molecule has 0 N–H and O–H groups in total. The number of aromatic nitrogens is 1. The molecule has 0 saturated heterocycles. The number of hydrogen-bond donors (Lipinski definition) is 0. The number of hydrogen-bond acceptors (Lipinski definition) is 2. The van der Waals surface area contributed by atoms with Crippen LogP contribution in [0.1, 0.15) is 23.7 Å². The highest BCUT2D eigenvalue weighted by Crippen LogP contribution is 2.21. The van der Waals surface area contributed by atoms with E-state index in [1.54, 1.807) is 0 Å². The lowest BCUT2D eigenvalue weighted by molar-refractivity contribution is 0.832. The van der Waals surface area contributed by atoms with Gasteiger partial charge in [-0.3, -0.25) is 4.98 Å². The molecule has 1 aromatic heterocycles. The summed E-state index contributed by atoms with van der Waals surface area (Å²) in [7, 11) is 0. The molecule has 0 amide bonds. The van der Waals surface area contributed by atoms with Crippen molar-refractivity contribution in [2.45, 2.75) is 13.5 Å². The largest absolute Gasteiger partial charge is 0.367 e. The molecule has 0 fully saturated rings. The Bertz CT molecular complexity index is 1060. The van der Waals surface area contributed by atoms with E-state index >= 15 is 0 Å². The van der Waals surface area contributed by atoms with Crippen LogP contribution in [0.5, 0.6) is 0 Å². The predicted molar refractivity (Wildman–Crippen MR) is 120 cm³/mol. The molecule has 3 aromatic carbocycles. The predicted octanol–water partition coefficient (Wildman–Crippen LogP) is 6.43. The van der Waals surface area contributed by atoms with E-state index in [4.69, 9.17) is 0 Å². The molecule has 28 heavy (non-hydrogen) atoms. The highest BCUT2D eigenvalue weighted by molar-refractivity contribution is 5.91. The number of pyridine rings is 1. The molecule has 0 radical (unpaired) electrons. The average Bonchev–Trinajstić information content (AvgIpc) is 2.77. The molecule has 0 saturated carbocycles. The van der Waals surface area contributed by atoms with E-state index in [1.807, 2.05) is 12.3 Å². The fourth-order valence-electron chi connectivity index (χ4n) is 3.44. The first-order chi connectivity index (χ1) is 13.8. The smallest absolute Gasteiger partial charge is 0.0708 e. The van der Waals surface area contributed by atoms with E-state index in [2.05, 4.69) is 108 Å². The topological polar surface area (TPSA) is 16.1 Å². The summed E-state index contributed by atoms with van der Waals surface area (Å²) < 4.78 is 0. The number of nitrogens with zero attached hydrogens (tertiary/aromatic N) is 2. The molecule has 2 nitrogen and oxygen atoms in total. The number of rotatable bonds is 6. The van der Waals surface area contributed by atoms with E-state index in [9.17, 15) is 0 Å². The first kappa shape index (κ1) is 18.0. The molecule has 0 atom stereocenters. The van der Waals surface area contributed by atoms with Gasteiger partial charge in [-0.2, -0.15) is 0 Å². The van der Waals surface area contributed by atoms with Gasteiger partial charge in [-0.05, 0) is 47.7 Å². The van der Waals surface area contributed by atoms with Gasteiger partial charge in [0.2, 0.25) is 0 Å². The molecule has 0 aliphatic heterocycles. The van der Waals surface area contributed by atoms with Gasteiger partial charge in [0.25, 0.3) is 0 Å². The summed E-state index contributed by atoms with van der Waals surface area (Å²) in [5.74, 6) is 0. The van der Waals surface area contributed by atoms with E-state index in [-0.39, 0.29) is 0 Å². The number of anilines is 1. The summed E-state index contributed by atoms with van der Waals surface area (Å²) in [6.45, 7) is 4.10. The average molecular weight is 364 g/mol. The fourth-order valence-corrected chi connectivity index (χ4v) is 3.44. The molecular formula is C26H24N2. The zero-order valence-electron chi connectivity index (χ0n) is 16.1. The van der Waals surface area contributed by atoms with Gasteiger partial charge >= 0.3 is 0 Å². The van der Waals surface area contributed by atoms with Gasteiger partial charge in [-0.1, -0.05) is 72.8 Å². The zero-order chi connectivity index (χ0) is 19.2. The van der Waals surface area contributed by atoms with Gasteiger partial charge in [-0.15, -0.1) is 0 Å². The van der Waals surface area contributed by atoms with Crippen molar-refractivity contribution >= 4 is 28.6 Å². The van der Waals surface area contributed by atoms with E-state index in [0.29, 0.717) is 0 Å². The van der Waals surface area contributed by atoms with Gasteiger partial charge in [-0.25, -0.2) is 0 Å². The van der Waals surface area contributed by atoms with Crippen LogP contribution in [-0.2, 0) is 6.54 Å². The highest BCUT2D eigenvalue weighted by Gasteiger charge is 2.05. The standard InChI is InChI=1S/C26H24N2/c1-2-28(20-22-8-4-3-5-9-22)24-15-12-21(13-16-24)14-17-26-25-11-7-6-10-23(25)18-19-27-26/h3-19H,2,20H2,1H3/b17-14-. The molecule has 0 aliphatic rings. The van der Waals surface area contributed by atoms with Gasteiger partial charge < -0.3 is 4.90 Å². The second-order valence-electron chi connectivity index (χ2n) is 6.84. The Hall–Kier alpha value is -3.39. The lowest BCUT2D eigenvalue weighted by Crippen LogP contribution is -2.21. The minimum Gasteiger partial charge on any atom is -0.367 e. The summed E-state index contributed by atoms with van der Waals surface area (Å²) >= 11 is 0. The molecule has 0 aliphatic carbocycles. The zero-order valence-corrected chi connectivity index (χ0v) is 16.1. The first-order valence-electron chi connectivity index (χ1n) is 9.74. The van der Waals surface area contributed by atoms with Crippen LogP contribution in [0.25, 0.3) is 22.9 Å². The second kappa shape index (κ2) is 8.53. The Morgan fingerprint density at radius 3 is 2.32 bits per heavy atom. The molecule has 138 valence electrons. The van der Waals surface area contributed by atoms with Gasteiger partial charge in [0.1, 0.15) is 0 Å². The van der Waals surface area contributed by atoms with Gasteiger partial charge in [0, 0.05) is 30.4 Å². The van der Waals surface area contributed by atoms with Crippen molar-refractivity contribution in [2.75, 3.05) is 11.4 Å². The molecule has 4 rings (SSSR count). The van der Waals surface area contributed by atoms with E-state index < -0.39 is 0 Å². The molecule has 4 aromatic rings. The quantitative estimate of drug-likeness (QED) is 0.392. The van der Waals surface area contributed by atoms with Crippen LogP contribution in [0.15, 0.2) is 91.1 Å². The van der Waals surface area contributed by atoms with Crippen LogP contribution >= 0.6 is 0 Å². The Morgan fingerprint density at radius 1 is 0.786 bits per heavy atom. The molecular weight excluding hydrogens is 340 g/mol. The van der Waals surface area contributed by atoms with Crippen molar-refractivity contribution in [3.05, 3.63) is 108 Å². The van der Waals surface area contributed by atoms with Crippen molar-refractivity contribution in [1.29, 1.82) is 0 Å². The van der Waals surface area contributed by atoms with Crippen molar-refractivity contribution in [3.8, 4) is 0 Å². The SMILES string of the molecule is CCN(Cc1ccccc1)c1ccc(/C=C\c2nccc3ccccc23)cc1. The van der Waals surface area contributed by atoms with E-state index in [1.165, 1.54) is 27.6 Å². The lowest BCUT2D eigenvalue weighted by Gasteiger charge is -2.23. The van der Waals surface area contributed by atoms with Crippen LogP contribution < -0.4 is 4.90 Å². The van der Waals surface area contributed by atoms with Crippen molar-refractivity contribution in [3.63, 3.8) is 0 Å². The summed E-state index contributed by atoms with van der Waals surface area (Å²) in [4.78, 5) is 6.92.